The first kappa shape index (κ1) is 24.3. The molecule has 0 spiro atoms. The number of Topliss-reactive ketones (excluding diaryl/α,β-unsaturated/α-hetero) is 1. The van der Waals surface area contributed by atoms with E-state index in [1.807, 2.05) is 29.6 Å². The molecule has 3 aromatic carbocycles. The van der Waals surface area contributed by atoms with Crippen LogP contribution in [0.25, 0.3) is 22.9 Å². The number of methoxy groups -OCH3 is 1. The lowest BCUT2D eigenvalue weighted by Gasteiger charge is -2.06. The molecule has 0 aliphatic carbocycles. The molecular formula is C27H19N3O5S. The number of hydrogen-bond acceptors (Lipinski definition) is 8. The summed E-state index contributed by atoms with van der Waals surface area (Å²) < 4.78 is 10.8. The molecule has 0 atom stereocenters. The van der Waals surface area contributed by atoms with Crippen LogP contribution in [-0.4, -0.2) is 29.4 Å². The lowest BCUT2D eigenvalue weighted by molar-refractivity contribution is -0.384. The number of nitro benzene ring substituents is 1. The molecular weight excluding hydrogens is 478 g/mol. The molecule has 0 amide bonds. The monoisotopic (exact) mass is 497 g/mol. The van der Waals surface area contributed by atoms with Gasteiger partial charge in [-0.1, -0.05) is 36.4 Å². The third-order valence-electron chi connectivity index (χ3n) is 5.16. The molecule has 4 rings (SSSR count). The number of ketones is 1. The van der Waals surface area contributed by atoms with Gasteiger partial charge in [-0.2, -0.15) is 5.26 Å². The number of aromatic nitrogens is 1. The van der Waals surface area contributed by atoms with Crippen LogP contribution in [0.2, 0.25) is 0 Å². The maximum Gasteiger partial charge on any atom is 0.270 e. The third kappa shape index (κ3) is 5.81. The molecule has 4 aromatic rings. The molecule has 0 aliphatic rings. The van der Waals surface area contributed by atoms with Crippen molar-refractivity contribution in [2.75, 3.05) is 13.7 Å². The minimum atomic E-state index is -0.551. The van der Waals surface area contributed by atoms with Gasteiger partial charge in [0.1, 0.15) is 22.6 Å². The van der Waals surface area contributed by atoms with Crippen molar-refractivity contribution in [2.45, 2.75) is 0 Å². The number of hydrogen-bond donors (Lipinski definition) is 0. The predicted molar refractivity (Wildman–Crippen MR) is 137 cm³/mol. The Balaban J connectivity index is 1.43. The fourth-order valence-electron chi connectivity index (χ4n) is 3.31. The van der Waals surface area contributed by atoms with Crippen molar-refractivity contribution in [3.05, 3.63) is 104 Å². The number of benzene rings is 3. The summed E-state index contributed by atoms with van der Waals surface area (Å²) >= 11 is 1.38. The van der Waals surface area contributed by atoms with Crippen molar-refractivity contribution in [3.63, 3.8) is 0 Å². The second kappa shape index (κ2) is 11.1. The van der Waals surface area contributed by atoms with Gasteiger partial charge in [0.2, 0.25) is 0 Å². The average Bonchev–Trinajstić information content (AvgIpc) is 3.41. The fraction of sp³-hybridized carbons (Fsp3) is 0.0741. The molecule has 8 nitrogen and oxygen atoms in total. The van der Waals surface area contributed by atoms with Crippen LogP contribution in [0.5, 0.6) is 11.5 Å². The van der Waals surface area contributed by atoms with Crippen LogP contribution in [-0.2, 0) is 0 Å². The number of carbonyl (C=O) groups excluding carboxylic acids is 1. The van der Waals surface area contributed by atoms with Crippen molar-refractivity contribution in [1.29, 1.82) is 5.26 Å². The maximum atomic E-state index is 12.3. The van der Waals surface area contributed by atoms with Crippen LogP contribution in [0, 0.1) is 21.4 Å². The number of thiazole rings is 1. The van der Waals surface area contributed by atoms with Crippen molar-refractivity contribution in [2.24, 2.45) is 0 Å². The predicted octanol–water partition coefficient (Wildman–Crippen LogP) is 6.05. The van der Waals surface area contributed by atoms with Crippen LogP contribution in [0.3, 0.4) is 0 Å². The summed E-state index contributed by atoms with van der Waals surface area (Å²) in [4.78, 5) is 27.3. The number of nitriles is 1. The summed E-state index contributed by atoms with van der Waals surface area (Å²) in [7, 11) is 1.60. The van der Waals surface area contributed by atoms with E-state index in [2.05, 4.69) is 11.1 Å². The van der Waals surface area contributed by atoms with Gasteiger partial charge in [-0.25, -0.2) is 4.98 Å². The second-order valence-corrected chi connectivity index (χ2v) is 8.39. The normalized spacial score (nSPS) is 10.9. The standard InChI is InChI=1S/C27H19N3O5S/c1-34-24-7-3-4-19(14-24)25-17-36-27(29-25)21(15-28)12-18-8-10-23(11-9-18)35-16-26(31)20-5-2-6-22(13-20)30(32)33/h2-14,17H,16H2,1H3. The summed E-state index contributed by atoms with van der Waals surface area (Å²) in [6.45, 7) is -0.258. The molecule has 0 bridgehead atoms. The minimum absolute atomic E-state index is 0.152. The quantitative estimate of drug-likeness (QED) is 0.120. The second-order valence-electron chi connectivity index (χ2n) is 7.53. The van der Waals surface area contributed by atoms with Crippen LogP contribution in [0.4, 0.5) is 5.69 Å². The highest BCUT2D eigenvalue weighted by atomic mass is 32.1. The number of rotatable bonds is 9. The van der Waals surface area contributed by atoms with Crippen molar-refractivity contribution >= 4 is 34.5 Å². The molecule has 0 radical (unpaired) electrons. The maximum absolute atomic E-state index is 12.3. The highest BCUT2D eigenvalue weighted by molar-refractivity contribution is 7.11. The molecule has 9 heteroatoms. The Morgan fingerprint density at radius 1 is 1.11 bits per heavy atom. The summed E-state index contributed by atoms with van der Waals surface area (Å²) in [5.74, 6) is 0.816. The van der Waals surface area contributed by atoms with Gasteiger partial charge in [0.05, 0.1) is 23.3 Å². The van der Waals surface area contributed by atoms with Gasteiger partial charge in [0.25, 0.3) is 5.69 Å². The topological polar surface area (TPSA) is 115 Å². The van der Waals surface area contributed by atoms with Gasteiger partial charge >= 0.3 is 0 Å². The Morgan fingerprint density at radius 3 is 2.61 bits per heavy atom. The Hall–Kier alpha value is -4.81. The number of ether oxygens (including phenoxy) is 2. The van der Waals surface area contributed by atoms with E-state index in [9.17, 15) is 20.2 Å². The molecule has 36 heavy (non-hydrogen) atoms. The van der Waals surface area contributed by atoms with Gasteiger partial charge in [0.15, 0.2) is 12.4 Å². The SMILES string of the molecule is COc1cccc(-c2csc(C(C#N)=Cc3ccc(OCC(=O)c4cccc([N+](=O)[O-])c4)cc3)n2)c1. The number of non-ortho nitro benzene ring substituents is 1. The number of nitrogens with zero attached hydrogens (tertiary/aromatic N) is 3. The molecule has 0 saturated heterocycles. The number of carbonyl (C=O) groups is 1. The zero-order chi connectivity index (χ0) is 25.5. The molecule has 0 fully saturated rings. The van der Waals surface area contributed by atoms with E-state index in [4.69, 9.17) is 9.47 Å². The molecule has 0 N–H and O–H groups in total. The fourth-order valence-corrected chi connectivity index (χ4v) is 4.10. The zero-order valence-electron chi connectivity index (χ0n) is 19.1. The Bertz CT molecular complexity index is 1490. The first-order valence-corrected chi connectivity index (χ1v) is 11.6. The van der Waals surface area contributed by atoms with Crippen LogP contribution < -0.4 is 9.47 Å². The van der Waals surface area contributed by atoms with Crippen molar-refractivity contribution < 1.29 is 19.2 Å². The number of allylic oxidation sites excluding steroid dienone is 1. The van der Waals surface area contributed by atoms with E-state index < -0.39 is 4.92 Å². The highest BCUT2D eigenvalue weighted by Crippen LogP contribution is 2.29. The van der Waals surface area contributed by atoms with Gasteiger partial charge < -0.3 is 9.47 Å². The molecule has 1 heterocycles. The van der Waals surface area contributed by atoms with Crippen LogP contribution in [0.15, 0.2) is 78.2 Å². The van der Waals surface area contributed by atoms with Gasteiger partial charge in [0, 0.05) is 28.6 Å². The number of nitro groups is 1. The lowest BCUT2D eigenvalue weighted by Crippen LogP contribution is -2.11. The smallest absolute Gasteiger partial charge is 0.270 e. The van der Waals surface area contributed by atoms with E-state index >= 15 is 0 Å². The molecule has 1 aromatic heterocycles. The average molecular weight is 498 g/mol. The van der Waals surface area contributed by atoms with E-state index in [1.165, 1.54) is 35.6 Å². The van der Waals surface area contributed by atoms with Gasteiger partial charge in [-0.15, -0.1) is 11.3 Å². The van der Waals surface area contributed by atoms with Crippen molar-refractivity contribution in [3.8, 4) is 28.8 Å². The Morgan fingerprint density at radius 2 is 1.89 bits per heavy atom. The molecule has 0 aliphatic heterocycles. The highest BCUT2D eigenvalue weighted by Gasteiger charge is 2.13. The lowest BCUT2D eigenvalue weighted by atomic mass is 10.1. The van der Waals surface area contributed by atoms with Gasteiger partial charge in [-0.3, -0.25) is 14.9 Å². The van der Waals surface area contributed by atoms with E-state index in [1.54, 1.807) is 37.5 Å². The largest absolute Gasteiger partial charge is 0.497 e. The minimum Gasteiger partial charge on any atom is -0.497 e. The van der Waals surface area contributed by atoms with E-state index in [-0.39, 0.29) is 23.6 Å². The zero-order valence-corrected chi connectivity index (χ0v) is 19.9. The molecule has 178 valence electrons. The molecule has 0 saturated carbocycles. The van der Waals surface area contributed by atoms with E-state index in [0.717, 1.165) is 22.6 Å². The first-order valence-electron chi connectivity index (χ1n) is 10.7. The Labute approximate surface area is 210 Å². The summed E-state index contributed by atoms with van der Waals surface area (Å²) in [5, 5.41) is 23.1. The summed E-state index contributed by atoms with van der Waals surface area (Å²) in [5.41, 5.74) is 2.90. The van der Waals surface area contributed by atoms with E-state index in [0.29, 0.717) is 16.3 Å². The third-order valence-corrected chi connectivity index (χ3v) is 6.04. The Kier molecular flexibility index (Phi) is 7.48. The van der Waals surface area contributed by atoms with Crippen molar-refractivity contribution in [1.82, 2.24) is 4.98 Å². The summed E-state index contributed by atoms with van der Waals surface area (Å²) in [6, 6.07) is 22.2. The summed E-state index contributed by atoms with van der Waals surface area (Å²) in [6.07, 6.45) is 1.73. The van der Waals surface area contributed by atoms with Crippen LogP contribution >= 0.6 is 11.3 Å². The van der Waals surface area contributed by atoms with Gasteiger partial charge in [-0.05, 0) is 35.9 Å². The van der Waals surface area contributed by atoms with Crippen LogP contribution in [0.1, 0.15) is 20.9 Å². The molecule has 0 unspecified atom stereocenters. The first-order chi connectivity index (χ1) is 17.5.